The number of carbonyl (C=O) groups excluding carboxylic acids is 2. The minimum absolute atomic E-state index is 0.0650. The molecule has 0 saturated heterocycles. The number of H-pyrrole nitrogens is 1. The van der Waals surface area contributed by atoms with Gasteiger partial charge in [0.25, 0.3) is 0 Å². The molecule has 6 N–H and O–H groups in total. The van der Waals surface area contributed by atoms with E-state index in [1.54, 1.807) is 6.92 Å². The van der Waals surface area contributed by atoms with Gasteiger partial charge in [-0.3, -0.25) is 9.59 Å². The van der Waals surface area contributed by atoms with E-state index in [0.717, 1.165) is 0 Å². The smallest absolute Gasteiger partial charge is 0.326 e. The Balaban J connectivity index is 2.83. The molecule has 0 aliphatic carbocycles. The molecule has 1 aromatic heterocycles. The van der Waals surface area contributed by atoms with Crippen LogP contribution in [0.3, 0.4) is 0 Å². The van der Waals surface area contributed by atoms with Crippen LogP contribution in [0, 0.1) is 5.92 Å². The highest BCUT2D eigenvalue weighted by atomic mass is 16.4. The van der Waals surface area contributed by atoms with Crippen LogP contribution in [-0.4, -0.2) is 51.0 Å². The maximum atomic E-state index is 12.5. The van der Waals surface area contributed by atoms with Gasteiger partial charge in [-0.05, 0) is 12.8 Å². The first kappa shape index (κ1) is 19.6. The maximum absolute atomic E-state index is 12.5. The van der Waals surface area contributed by atoms with Gasteiger partial charge < -0.3 is 26.5 Å². The summed E-state index contributed by atoms with van der Waals surface area (Å²) in [6.45, 7) is 5.19. The Labute approximate surface area is 140 Å². The van der Waals surface area contributed by atoms with Crippen LogP contribution in [0.2, 0.25) is 0 Å². The monoisotopic (exact) mass is 339 g/mol. The second kappa shape index (κ2) is 9.02. The number of aliphatic carboxylic acids is 1. The summed E-state index contributed by atoms with van der Waals surface area (Å²) in [5, 5.41) is 14.4. The van der Waals surface area contributed by atoms with Gasteiger partial charge in [0.05, 0.1) is 12.4 Å². The highest BCUT2D eigenvalue weighted by molar-refractivity contribution is 5.91. The third-order valence-corrected chi connectivity index (χ3v) is 3.80. The van der Waals surface area contributed by atoms with Gasteiger partial charge in [0.2, 0.25) is 11.8 Å². The molecule has 0 fully saturated rings. The van der Waals surface area contributed by atoms with E-state index in [1.807, 2.05) is 6.92 Å². The van der Waals surface area contributed by atoms with Crippen molar-refractivity contribution in [3.05, 3.63) is 18.2 Å². The second-order valence-electron chi connectivity index (χ2n) is 5.84. The van der Waals surface area contributed by atoms with Gasteiger partial charge in [-0.1, -0.05) is 20.3 Å². The second-order valence-corrected chi connectivity index (χ2v) is 5.84. The Bertz CT molecular complexity index is 558. The number of rotatable bonds is 9. The lowest BCUT2D eigenvalue weighted by Crippen LogP contribution is -2.56. The summed E-state index contributed by atoms with van der Waals surface area (Å²) in [7, 11) is 0. The summed E-state index contributed by atoms with van der Waals surface area (Å²) in [5.74, 6) is -2.35. The molecule has 0 aliphatic heterocycles. The van der Waals surface area contributed by atoms with Crippen molar-refractivity contribution < 1.29 is 19.5 Å². The fourth-order valence-electron chi connectivity index (χ4n) is 2.06. The number of carboxylic acids is 1. The van der Waals surface area contributed by atoms with E-state index in [9.17, 15) is 19.5 Å². The fraction of sp³-hybridized carbons (Fsp3) is 0.600. The molecule has 0 radical (unpaired) electrons. The highest BCUT2D eigenvalue weighted by Gasteiger charge is 2.30. The molecular weight excluding hydrogens is 314 g/mol. The predicted octanol–water partition coefficient (Wildman–Crippen LogP) is -0.600. The number of aromatic nitrogens is 2. The van der Waals surface area contributed by atoms with Crippen LogP contribution in [-0.2, 0) is 20.8 Å². The van der Waals surface area contributed by atoms with Crippen molar-refractivity contribution >= 4 is 17.8 Å². The number of carbonyl (C=O) groups is 3. The normalized spacial score (nSPS) is 15.8. The minimum atomic E-state index is -1.17. The van der Waals surface area contributed by atoms with Crippen molar-refractivity contribution in [3.63, 3.8) is 0 Å². The van der Waals surface area contributed by atoms with Gasteiger partial charge in [0, 0.05) is 18.3 Å². The maximum Gasteiger partial charge on any atom is 0.326 e. The number of nitrogens with two attached hydrogens (primary N) is 1. The van der Waals surface area contributed by atoms with Crippen LogP contribution in [0.4, 0.5) is 0 Å². The highest BCUT2D eigenvalue weighted by Crippen LogP contribution is 2.09. The number of aromatic amines is 1. The summed E-state index contributed by atoms with van der Waals surface area (Å²) < 4.78 is 0. The summed E-state index contributed by atoms with van der Waals surface area (Å²) in [5.41, 5.74) is 6.10. The van der Waals surface area contributed by atoms with Crippen LogP contribution >= 0.6 is 0 Å². The predicted molar refractivity (Wildman–Crippen MR) is 86.9 cm³/mol. The van der Waals surface area contributed by atoms with E-state index in [1.165, 1.54) is 19.4 Å². The van der Waals surface area contributed by atoms with Gasteiger partial charge in [-0.2, -0.15) is 0 Å². The van der Waals surface area contributed by atoms with Crippen LogP contribution < -0.4 is 16.4 Å². The van der Waals surface area contributed by atoms with Crippen molar-refractivity contribution in [2.24, 2.45) is 11.7 Å². The van der Waals surface area contributed by atoms with Crippen LogP contribution in [0.5, 0.6) is 0 Å². The van der Waals surface area contributed by atoms with E-state index < -0.39 is 35.9 Å². The van der Waals surface area contributed by atoms with Gasteiger partial charge in [0.15, 0.2) is 0 Å². The first-order valence-corrected chi connectivity index (χ1v) is 7.82. The number of hydrogen-bond donors (Lipinski definition) is 5. The van der Waals surface area contributed by atoms with Crippen molar-refractivity contribution in [2.45, 2.75) is 51.7 Å². The first-order chi connectivity index (χ1) is 11.3. The molecule has 1 rings (SSSR count). The largest absolute Gasteiger partial charge is 0.480 e. The Hall–Kier alpha value is -2.42. The fourth-order valence-corrected chi connectivity index (χ4v) is 2.06. The average Bonchev–Trinajstić information content (AvgIpc) is 3.03. The van der Waals surface area contributed by atoms with E-state index in [0.29, 0.717) is 12.1 Å². The van der Waals surface area contributed by atoms with Gasteiger partial charge >= 0.3 is 5.97 Å². The van der Waals surface area contributed by atoms with Crippen molar-refractivity contribution in [1.29, 1.82) is 0 Å². The van der Waals surface area contributed by atoms with Gasteiger partial charge in [0.1, 0.15) is 12.1 Å². The molecule has 2 amide bonds. The molecule has 24 heavy (non-hydrogen) atoms. The average molecular weight is 339 g/mol. The zero-order chi connectivity index (χ0) is 18.3. The Morgan fingerprint density at radius 2 is 1.96 bits per heavy atom. The summed E-state index contributed by atoms with van der Waals surface area (Å²) in [4.78, 5) is 42.3. The molecule has 9 nitrogen and oxygen atoms in total. The molecule has 0 spiro atoms. The zero-order valence-electron chi connectivity index (χ0n) is 14.1. The SMILES string of the molecule is CC[C@H](C)[C@H](NC(=O)[C@H](C)N)C(=O)N[C@@H](Cc1cnc[nH]1)C(=O)O. The number of nitrogens with zero attached hydrogens (tertiary/aromatic N) is 1. The topological polar surface area (TPSA) is 150 Å². The van der Waals surface area contributed by atoms with Crippen LogP contribution in [0.25, 0.3) is 0 Å². The van der Waals surface area contributed by atoms with Crippen LogP contribution in [0.15, 0.2) is 12.5 Å². The van der Waals surface area contributed by atoms with E-state index >= 15 is 0 Å². The summed E-state index contributed by atoms with van der Waals surface area (Å²) in [6.07, 6.45) is 3.62. The zero-order valence-corrected chi connectivity index (χ0v) is 14.1. The quantitative estimate of drug-likeness (QED) is 0.405. The Morgan fingerprint density at radius 3 is 2.42 bits per heavy atom. The molecule has 0 bridgehead atoms. The molecule has 134 valence electrons. The molecule has 4 atom stereocenters. The lowest BCUT2D eigenvalue weighted by molar-refractivity contribution is -0.142. The minimum Gasteiger partial charge on any atom is -0.480 e. The van der Waals surface area contributed by atoms with Crippen molar-refractivity contribution in [1.82, 2.24) is 20.6 Å². The Morgan fingerprint density at radius 1 is 1.29 bits per heavy atom. The third-order valence-electron chi connectivity index (χ3n) is 3.80. The molecule has 0 unspecified atom stereocenters. The van der Waals surface area contributed by atoms with Gasteiger partial charge in [-0.25, -0.2) is 9.78 Å². The number of nitrogens with one attached hydrogen (secondary N) is 3. The molecule has 0 aromatic carbocycles. The van der Waals surface area contributed by atoms with E-state index in [4.69, 9.17) is 5.73 Å². The van der Waals surface area contributed by atoms with Crippen LogP contribution in [0.1, 0.15) is 32.9 Å². The summed E-state index contributed by atoms with van der Waals surface area (Å²) >= 11 is 0. The standard InChI is InChI=1S/C15H25N5O4/c1-4-8(2)12(20-13(21)9(3)16)14(22)19-11(15(23)24)5-10-6-17-7-18-10/h6-9,11-12H,4-5,16H2,1-3H3,(H,17,18)(H,19,22)(H,20,21)(H,23,24)/t8-,9-,11-,12-/m0/s1. The molecule has 1 heterocycles. The molecule has 9 heteroatoms. The lowest BCUT2D eigenvalue weighted by atomic mass is 9.97. The third kappa shape index (κ3) is 5.65. The first-order valence-electron chi connectivity index (χ1n) is 7.82. The molecule has 1 aromatic rings. The van der Waals surface area contributed by atoms with Crippen molar-refractivity contribution in [2.75, 3.05) is 0 Å². The summed E-state index contributed by atoms with van der Waals surface area (Å²) in [6, 6.07) is -2.74. The molecule has 0 aliphatic rings. The van der Waals surface area contributed by atoms with E-state index in [-0.39, 0.29) is 12.3 Å². The van der Waals surface area contributed by atoms with Crippen molar-refractivity contribution in [3.8, 4) is 0 Å². The number of amides is 2. The number of hydrogen-bond acceptors (Lipinski definition) is 5. The van der Waals surface area contributed by atoms with Gasteiger partial charge in [-0.15, -0.1) is 0 Å². The number of imidazole rings is 1. The number of carboxylic acid groups (broad SMARTS) is 1. The molecule has 0 saturated carbocycles. The van der Waals surface area contributed by atoms with E-state index in [2.05, 4.69) is 20.6 Å². The Kier molecular flexibility index (Phi) is 7.37. The molecular formula is C15H25N5O4. The lowest BCUT2D eigenvalue weighted by Gasteiger charge is -2.26.